The lowest BCUT2D eigenvalue weighted by atomic mass is 9.84. The quantitative estimate of drug-likeness (QED) is 0.266. The first kappa shape index (κ1) is 25.7. The van der Waals surface area contributed by atoms with Gasteiger partial charge in [0.1, 0.15) is 0 Å². The van der Waals surface area contributed by atoms with Gasteiger partial charge in [-0.2, -0.15) is 0 Å². The summed E-state index contributed by atoms with van der Waals surface area (Å²) in [7, 11) is 3.25. The van der Waals surface area contributed by atoms with E-state index in [1.54, 1.807) is 14.2 Å². The van der Waals surface area contributed by atoms with Crippen molar-refractivity contribution in [1.82, 2.24) is 0 Å². The lowest BCUT2D eigenvalue weighted by Gasteiger charge is -2.29. The van der Waals surface area contributed by atoms with Crippen molar-refractivity contribution >= 4 is 5.97 Å². The number of rotatable bonds is 13. The molecule has 34 heavy (non-hydrogen) atoms. The molecule has 0 saturated carbocycles. The van der Waals surface area contributed by atoms with Crippen LogP contribution in [0.15, 0.2) is 36.4 Å². The normalized spacial score (nSPS) is 17.7. The Labute approximate surface area is 203 Å². The number of esters is 1. The van der Waals surface area contributed by atoms with Crippen molar-refractivity contribution in [2.75, 3.05) is 34.0 Å². The summed E-state index contributed by atoms with van der Waals surface area (Å²) < 4.78 is 28.4. The number of carbonyl (C=O) groups excluding carboxylic acids is 1. The number of cyclic esters (lactones) is 1. The Morgan fingerprint density at radius 2 is 1.53 bits per heavy atom. The zero-order chi connectivity index (χ0) is 24.3. The zero-order valence-corrected chi connectivity index (χ0v) is 20.9. The monoisotopic (exact) mass is 470 g/mol. The van der Waals surface area contributed by atoms with Gasteiger partial charge in [-0.1, -0.05) is 38.8 Å². The maximum Gasteiger partial charge on any atom is 0.309 e. The molecule has 1 unspecified atom stereocenters. The summed E-state index contributed by atoms with van der Waals surface area (Å²) in [6.45, 7) is 5.98. The number of carbonyl (C=O) groups is 1. The summed E-state index contributed by atoms with van der Waals surface area (Å²) in [6.07, 6.45) is 5.45. The van der Waals surface area contributed by atoms with Crippen molar-refractivity contribution < 1.29 is 28.5 Å². The smallest absolute Gasteiger partial charge is 0.309 e. The van der Waals surface area contributed by atoms with Crippen molar-refractivity contribution in [1.29, 1.82) is 0 Å². The van der Waals surface area contributed by atoms with E-state index in [2.05, 4.69) is 13.8 Å². The van der Waals surface area contributed by atoms with Crippen LogP contribution < -0.4 is 18.9 Å². The van der Waals surface area contributed by atoms with Gasteiger partial charge in [0, 0.05) is 5.92 Å². The number of hydrogen-bond acceptors (Lipinski definition) is 6. The molecule has 3 rings (SSSR count). The van der Waals surface area contributed by atoms with Crippen LogP contribution in [0.3, 0.4) is 0 Å². The van der Waals surface area contributed by atoms with E-state index < -0.39 is 0 Å². The highest BCUT2D eigenvalue weighted by Gasteiger charge is 2.32. The second-order valence-corrected chi connectivity index (χ2v) is 8.76. The molecule has 0 radical (unpaired) electrons. The number of ether oxygens (including phenoxy) is 5. The summed E-state index contributed by atoms with van der Waals surface area (Å²) in [4.78, 5) is 12.6. The van der Waals surface area contributed by atoms with Crippen molar-refractivity contribution in [3.05, 3.63) is 47.5 Å². The van der Waals surface area contributed by atoms with E-state index in [1.165, 1.54) is 0 Å². The predicted octanol–water partition coefficient (Wildman–Crippen LogP) is 5.95. The Hall–Kier alpha value is -2.89. The summed E-state index contributed by atoms with van der Waals surface area (Å²) in [5.41, 5.74) is 2.13. The van der Waals surface area contributed by atoms with Crippen molar-refractivity contribution in [3.63, 3.8) is 0 Å². The Morgan fingerprint density at radius 3 is 2.21 bits per heavy atom. The largest absolute Gasteiger partial charge is 0.493 e. The van der Waals surface area contributed by atoms with Crippen LogP contribution in [0.25, 0.3) is 0 Å². The second-order valence-electron chi connectivity index (χ2n) is 8.76. The molecule has 0 bridgehead atoms. The number of benzene rings is 2. The van der Waals surface area contributed by atoms with Crippen LogP contribution in [-0.2, 0) is 16.0 Å². The van der Waals surface area contributed by atoms with Crippen molar-refractivity contribution in [2.24, 2.45) is 5.92 Å². The van der Waals surface area contributed by atoms with Gasteiger partial charge < -0.3 is 23.7 Å². The molecule has 0 aliphatic carbocycles. The maximum absolute atomic E-state index is 12.6. The minimum Gasteiger partial charge on any atom is -0.493 e. The van der Waals surface area contributed by atoms with E-state index in [9.17, 15) is 4.79 Å². The summed E-state index contributed by atoms with van der Waals surface area (Å²) in [5.74, 6) is 2.63. The highest BCUT2D eigenvalue weighted by molar-refractivity contribution is 5.74. The number of hydrogen-bond donors (Lipinski definition) is 0. The molecule has 6 nitrogen and oxygen atoms in total. The average molecular weight is 471 g/mol. The van der Waals surface area contributed by atoms with Crippen LogP contribution in [-0.4, -0.2) is 40.0 Å². The summed E-state index contributed by atoms with van der Waals surface area (Å²) in [6, 6.07) is 11.9. The van der Waals surface area contributed by atoms with E-state index >= 15 is 0 Å². The lowest BCUT2D eigenvalue weighted by Crippen LogP contribution is -2.30. The molecule has 0 N–H and O–H groups in total. The highest BCUT2D eigenvalue weighted by Crippen LogP contribution is 2.37. The summed E-state index contributed by atoms with van der Waals surface area (Å²) >= 11 is 0. The van der Waals surface area contributed by atoms with Gasteiger partial charge >= 0.3 is 5.97 Å². The Kier molecular flexibility index (Phi) is 9.92. The molecule has 2 aromatic carbocycles. The lowest BCUT2D eigenvalue weighted by molar-refractivity contribution is -0.154. The van der Waals surface area contributed by atoms with Gasteiger partial charge in [0.15, 0.2) is 23.0 Å². The standard InChI is InChI=1S/C28H38O6/c1-5-7-13-32-25-11-9-20(16-27(25)33-14-8-6-2)15-22-17-23(19-34-28(22)29)21-10-12-24(30-3)26(18-21)31-4/h9-12,16,18,22-23H,5-8,13-15,17,19H2,1-4H3/t22?,23-/m1/s1. The molecule has 0 aromatic heterocycles. The predicted molar refractivity (Wildman–Crippen MR) is 132 cm³/mol. The zero-order valence-electron chi connectivity index (χ0n) is 20.9. The number of methoxy groups -OCH3 is 2. The van der Waals surface area contributed by atoms with Crippen molar-refractivity contribution in [3.8, 4) is 23.0 Å². The average Bonchev–Trinajstić information content (AvgIpc) is 2.86. The highest BCUT2D eigenvalue weighted by atomic mass is 16.5. The fourth-order valence-electron chi connectivity index (χ4n) is 4.16. The molecule has 2 atom stereocenters. The van der Waals surface area contributed by atoms with Gasteiger partial charge in [-0.25, -0.2) is 0 Å². The molecule has 1 fully saturated rings. The minimum atomic E-state index is -0.220. The Morgan fingerprint density at radius 1 is 0.853 bits per heavy atom. The molecule has 2 aromatic rings. The van der Waals surface area contributed by atoms with Crippen LogP contribution in [0.4, 0.5) is 0 Å². The van der Waals surface area contributed by atoms with Gasteiger partial charge in [0.2, 0.25) is 0 Å². The van der Waals surface area contributed by atoms with Gasteiger partial charge in [0.25, 0.3) is 0 Å². The molecule has 0 spiro atoms. The van der Waals surface area contributed by atoms with Crippen molar-refractivity contribution in [2.45, 2.75) is 58.3 Å². The molecule has 186 valence electrons. The van der Waals surface area contributed by atoms with E-state index in [0.29, 0.717) is 37.7 Å². The molecule has 1 aliphatic heterocycles. The molecule has 6 heteroatoms. The van der Waals surface area contributed by atoms with Crippen LogP contribution in [0.2, 0.25) is 0 Å². The molecule has 0 amide bonds. The second kappa shape index (κ2) is 13.1. The van der Waals surface area contributed by atoms with E-state index in [1.807, 2.05) is 36.4 Å². The molecular formula is C28H38O6. The van der Waals surface area contributed by atoms with E-state index in [4.69, 9.17) is 23.7 Å². The minimum absolute atomic E-state index is 0.111. The van der Waals surface area contributed by atoms with Crippen LogP contribution in [0, 0.1) is 5.92 Å². The Bertz CT molecular complexity index is 925. The van der Waals surface area contributed by atoms with Gasteiger partial charge in [0.05, 0.1) is 40.0 Å². The van der Waals surface area contributed by atoms with Crippen LogP contribution >= 0.6 is 0 Å². The first-order chi connectivity index (χ1) is 16.6. The van der Waals surface area contributed by atoms with Gasteiger partial charge in [-0.05, 0) is 61.1 Å². The molecule has 1 aliphatic rings. The fraction of sp³-hybridized carbons (Fsp3) is 0.536. The third-order valence-electron chi connectivity index (χ3n) is 6.21. The molecule has 1 heterocycles. The van der Waals surface area contributed by atoms with Crippen LogP contribution in [0.5, 0.6) is 23.0 Å². The Balaban J connectivity index is 1.73. The van der Waals surface area contributed by atoms with Crippen LogP contribution in [0.1, 0.15) is 63.0 Å². The van der Waals surface area contributed by atoms with E-state index in [0.717, 1.165) is 54.7 Å². The van der Waals surface area contributed by atoms with E-state index in [-0.39, 0.29) is 17.8 Å². The molecule has 1 saturated heterocycles. The molecular weight excluding hydrogens is 432 g/mol. The van der Waals surface area contributed by atoms with Gasteiger partial charge in [-0.15, -0.1) is 0 Å². The van der Waals surface area contributed by atoms with Gasteiger partial charge in [-0.3, -0.25) is 4.79 Å². The first-order valence-electron chi connectivity index (χ1n) is 12.4. The SMILES string of the molecule is CCCCOc1ccc(CC2C[C@@H](c3ccc(OC)c(OC)c3)COC2=O)cc1OCCCC. The third kappa shape index (κ3) is 6.81. The summed E-state index contributed by atoms with van der Waals surface area (Å²) in [5, 5.41) is 0. The number of unbranched alkanes of at least 4 members (excludes halogenated alkanes) is 2. The first-order valence-corrected chi connectivity index (χ1v) is 12.4. The fourth-order valence-corrected chi connectivity index (χ4v) is 4.16. The third-order valence-corrected chi connectivity index (χ3v) is 6.21. The maximum atomic E-state index is 12.6. The topological polar surface area (TPSA) is 63.2 Å².